The molecule has 0 radical (unpaired) electrons. The molecule has 134 valence electrons. The summed E-state index contributed by atoms with van der Waals surface area (Å²) < 4.78 is 11.0. The first-order valence-electron chi connectivity index (χ1n) is 8.98. The van der Waals surface area contributed by atoms with Crippen molar-refractivity contribution in [2.24, 2.45) is 0 Å². The van der Waals surface area contributed by atoms with Crippen LogP contribution in [0, 0.1) is 6.92 Å². The molecule has 0 spiro atoms. The van der Waals surface area contributed by atoms with Crippen molar-refractivity contribution in [3.63, 3.8) is 0 Å². The number of nitrogens with zero attached hydrogens (tertiary/aromatic N) is 2. The predicted octanol–water partition coefficient (Wildman–Crippen LogP) is 3.41. The van der Waals surface area contributed by atoms with Crippen molar-refractivity contribution < 1.29 is 14.1 Å². The van der Waals surface area contributed by atoms with Gasteiger partial charge in [-0.25, -0.2) is 0 Å². The van der Waals surface area contributed by atoms with E-state index in [0.717, 1.165) is 31.5 Å². The average molecular weight is 342 g/mol. The molecule has 1 fully saturated rings. The highest BCUT2D eigenvalue weighted by Crippen LogP contribution is 2.27. The van der Waals surface area contributed by atoms with Crippen molar-refractivity contribution in [1.29, 1.82) is 0 Å². The number of amides is 1. The van der Waals surface area contributed by atoms with Crippen molar-refractivity contribution in [1.82, 2.24) is 10.1 Å². The van der Waals surface area contributed by atoms with Crippen molar-refractivity contribution >= 4 is 5.91 Å². The van der Waals surface area contributed by atoms with Crippen LogP contribution in [0.4, 0.5) is 0 Å². The second-order valence-electron chi connectivity index (χ2n) is 6.59. The molecular formula is C20H26N2O3. The summed E-state index contributed by atoms with van der Waals surface area (Å²) in [5.74, 6) is 0.609. The second kappa shape index (κ2) is 7.83. The Hall–Kier alpha value is -2.14. The summed E-state index contributed by atoms with van der Waals surface area (Å²) in [6.07, 6.45) is 3.44. The lowest BCUT2D eigenvalue weighted by Crippen LogP contribution is -2.52. The minimum Gasteiger partial charge on any atom is -0.379 e. The Morgan fingerprint density at radius 3 is 2.80 bits per heavy atom. The van der Waals surface area contributed by atoms with Crippen molar-refractivity contribution in [3.8, 4) is 0 Å². The van der Waals surface area contributed by atoms with E-state index in [2.05, 4.69) is 17.3 Å². The van der Waals surface area contributed by atoms with Crippen LogP contribution in [-0.2, 0) is 17.6 Å². The molecule has 5 nitrogen and oxygen atoms in total. The van der Waals surface area contributed by atoms with Crippen LogP contribution >= 0.6 is 0 Å². The van der Waals surface area contributed by atoms with E-state index in [1.165, 1.54) is 5.56 Å². The zero-order chi connectivity index (χ0) is 17.8. The van der Waals surface area contributed by atoms with Gasteiger partial charge in [0.25, 0.3) is 5.91 Å². The molecule has 25 heavy (non-hydrogen) atoms. The van der Waals surface area contributed by atoms with Gasteiger partial charge in [0, 0.05) is 13.7 Å². The molecule has 0 saturated carbocycles. The third kappa shape index (κ3) is 3.61. The number of rotatable bonds is 5. The quantitative estimate of drug-likeness (QED) is 0.835. The van der Waals surface area contributed by atoms with E-state index in [-0.39, 0.29) is 18.1 Å². The third-order valence-electron chi connectivity index (χ3n) is 5.05. The number of piperidine rings is 1. The lowest BCUT2D eigenvalue weighted by molar-refractivity contribution is -0.0118. The van der Waals surface area contributed by atoms with Gasteiger partial charge in [0.1, 0.15) is 11.3 Å². The fourth-order valence-electron chi connectivity index (χ4n) is 3.72. The van der Waals surface area contributed by atoms with Crippen LogP contribution in [0.1, 0.15) is 47.1 Å². The Morgan fingerprint density at radius 2 is 2.12 bits per heavy atom. The highest BCUT2D eigenvalue weighted by molar-refractivity contribution is 5.96. The second-order valence-corrected chi connectivity index (χ2v) is 6.59. The van der Waals surface area contributed by atoms with Gasteiger partial charge < -0.3 is 14.2 Å². The largest absolute Gasteiger partial charge is 0.379 e. The van der Waals surface area contributed by atoms with Gasteiger partial charge in [0.2, 0.25) is 0 Å². The maximum absolute atomic E-state index is 13.3. The van der Waals surface area contributed by atoms with Gasteiger partial charge in [-0.05, 0) is 38.2 Å². The zero-order valence-electron chi connectivity index (χ0n) is 15.2. The van der Waals surface area contributed by atoms with E-state index in [4.69, 9.17) is 9.26 Å². The molecule has 5 heteroatoms. The molecule has 0 N–H and O–H groups in total. The lowest BCUT2D eigenvalue weighted by Gasteiger charge is -2.41. The molecule has 2 heterocycles. The summed E-state index contributed by atoms with van der Waals surface area (Å²) in [6, 6.07) is 10.3. The number of ether oxygens (including phenoxy) is 1. The van der Waals surface area contributed by atoms with Crippen LogP contribution in [0.25, 0.3) is 0 Å². The number of carbonyl (C=O) groups excluding carboxylic acids is 1. The Morgan fingerprint density at radius 1 is 1.36 bits per heavy atom. The molecule has 0 bridgehead atoms. The van der Waals surface area contributed by atoms with E-state index in [0.29, 0.717) is 17.7 Å². The highest BCUT2D eigenvalue weighted by atomic mass is 16.5. The van der Waals surface area contributed by atoms with E-state index in [1.54, 1.807) is 7.11 Å². The van der Waals surface area contributed by atoms with E-state index >= 15 is 0 Å². The lowest BCUT2D eigenvalue weighted by atomic mass is 9.92. The maximum Gasteiger partial charge on any atom is 0.259 e. The number of likely N-dealkylation sites (tertiary alicyclic amines) is 1. The number of carbonyl (C=O) groups is 1. The maximum atomic E-state index is 13.3. The summed E-state index contributed by atoms with van der Waals surface area (Å²) in [6.45, 7) is 4.54. The Labute approximate surface area is 148 Å². The minimum atomic E-state index is 0.0123. The molecule has 1 aliphatic heterocycles. The Balaban J connectivity index is 1.90. The van der Waals surface area contributed by atoms with Gasteiger partial charge >= 0.3 is 0 Å². The summed E-state index contributed by atoms with van der Waals surface area (Å²) >= 11 is 0. The molecule has 0 aliphatic carbocycles. The normalized spacial score (nSPS) is 20.7. The summed E-state index contributed by atoms with van der Waals surface area (Å²) in [5.41, 5.74) is 2.57. The monoisotopic (exact) mass is 342 g/mol. The topological polar surface area (TPSA) is 55.6 Å². The Bertz CT molecular complexity index is 711. The van der Waals surface area contributed by atoms with Gasteiger partial charge in [-0.3, -0.25) is 4.79 Å². The Kier molecular flexibility index (Phi) is 5.53. The van der Waals surface area contributed by atoms with Crippen molar-refractivity contribution in [2.45, 2.75) is 51.7 Å². The molecule has 1 aromatic heterocycles. The predicted molar refractivity (Wildman–Crippen MR) is 95.6 cm³/mol. The number of aromatic nitrogens is 1. The molecule has 2 atom stereocenters. The van der Waals surface area contributed by atoms with Gasteiger partial charge in [0.05, 0.1) is 17.8 Å². The SMILES string of the molecule is CCc1noc(C)c1C(=O)N1CCC[C@H](OC)[C@@H]1Cc1ccccc1. The summed E-state index contributed by atoms with van der Waals surface area (Å²) in [7, 11) is 1.73. The summed E-state index contributed by atoms with van der Waals surface area (Å²) in [4.78, 5) is 15.3. The number of hydrogen-bond donors (Lipinski definition) is 0. The van der Waals surface area contributed by atoms with Gasteiger partial charge in [-0.2, -0.15) is 0 Å². The smallest absolute Gasteiger partial charge is 0.259 e. The zero-order valence-corrected chi connectivity index (χ0v) is 15.2. The first-order chi connectivity index (χ1) is 12.2. The highest BCUT2D eigenvalue weighted by Gasteiger charge is 2.37. The van der Waals surface area contributed by atoms with E-state index in [9.17, 15) is 4.79 Å². The fraction of sp³-hybridized carbons (Fsp3) is 0.500. The average Bonchev–Trinajstić information content (AvgIpc) is 3.02. The van der Waals surface area contributed by atoms with Gasteiger partial charge in [-0.1, -0.05) is 42.4 Å². The number of benzene rings is 1. The molecule has 1 amide bonds. The standard InChI is InChI=1S/C20H26N2O3/c1-4-16-19(14(2)25-21-16)20(23)22-12-8-11-18(24-3)17(22)13-15-9-6-5-7-10-15/h5-7,9-10,17-18H,4,8,11-13H2,1-3H3/t17-,18-/m0/s1. The number of methoxy groups -OCH3 is 1. The van der Waals surface area contributed by atoms with Crippen LogP contribution < -0.4 is 0 Å². The van der Waals surface area contributed by atoms with Gasteiger partial charge in [0.15, 0.2) is 0 Å². The van der Waals surface area contributed by atoms with Crippen LogP contribution in [0.2, 0.25) is 0 Å². The summed E-state index contributed by atoms with van der Waals surface area (Å²) in [5, 5.41) is 4.04. The molecule has 0 unspecified atom stereocenters. The van der Waals surface area contributed by atoms with Crippen LogP contribution in [-0.4, -0.2) is 41.8 Å². The van der Waals surface area contributed by atoms with Crippen LogP contribution in [0.15, 0.2) is 34.9 Å². The minimum absolute atomic E-state index is 0.0123. The molecule has 1 saturated heterocycles. The fourth-order valence-corrected chi connectivity index (χ4v) is 3.72. The van der Waals surface area contributed by atoms with Gasteiger partial charge in [-0.15, -0.1) is 0 Å². The first kappa shape index (κ1) is 17.7. The van der Waals surface area contributed by atoms with Crippen molar-refractivity contribution in [2.75, 3.05) is 13.7 Å². The van der Waals surface area contributed by atoms with Crippen LogP contribution in [0.5, 0.6) is 0 Å². The third-order valence-corrected chi connectivity index (χ3v) is 5.05. The van der Waals surface area contributed by atoms with E-state index < -0.39 is 0 Å². The molecule has 1 aliphatic rings. The molecule has 2 aromatic rings. The number of aryl methyl sites for hydroxylation is 2. The molecule has 1 aromatic carbocycles. The van der Waals surface area contributed by atoms with Crippen LogP contribution in [0.3, 0.4) is 0 Å². The van der Waals surface area contributed by atoms with Crippen molar-refractivity contribution in [3.05, 3.63) is 52.9 Å². The van der Waals surface area contributed by atoms with E-state index in [1.807, 2.05) is 36.9 Å². The molecular weight excluding hydrogens is 316 g/mol. The number of hydrogen-bond acceptors (Lipinski definition) is 4. The molecule has 3 rings (SSSR count). The first-order valence-corrected chi connectivity index (χ1v) is 8.98.